The van der Waals surface area contributed by atoms with E-state index in [9.17, 15) is 13.2 Å². The van der Waals surface area contributed by atoms with Crippen molar-refractivity contribution in [3.05, 3.63) is 29.8 Å². The summed E-state index contributed by atoms with van der Waals surface area (Å²) in [5.41, 5.74) is 1.02. The molecule has 116 valence electrons. The van der Waals surface area contributed by atoms with Crippen molar-refractivity contribution >= 4 is 16.0 Å². The standard InChI is InChI=1S/C15H21NO4S/c1-3-15(17)20-11-13-5-4-10-16(13)21(18,19)14-8-6-12(2)7-9-14/h6-9,13H,3-5,10-11H2,1-2H3/t13-/m0/s1. The molecule has 21 heavy (non-hydrogen) atoms. The molecule has 0 aromatic heterocycles. The van der Waals surface area contributed by atoms with Gasteiger partial charge in [0.1, 0.15) is 6.61 Å². The van der Waals surface area contributed by atoms with Crippen molar-refractivity contribution < 1.29 is 17.9 Å². The monoisotopic (exact) mass is 311 g/mol. The van der Waals surface area contributed by atoms with Crippen molar-refractivity contribution in [2.75, 3.05) is 13.2 Å². The van der Waals surface area contributed by atoms with Crippen LogP contribution in [-0.2, 0) is 19.6 Å². The summed E-state index contributed by atoms with van der Waals surface area (Å²) in [6, 6.07) is 6.56. The van der Waals surface area contributed by atoms with Gasteiger partial charge in [-0.15, -0.1) is 0 Å². The first-order valence-corrected chi connectivity index (χ1v) is 8.63. The number of esters is 1. The van der Waals surface area contributed by atoms with Crippen molar-refractivity contribution in [2.24, 2.45) is 0 Å². The van der Waals surface area contributed by atoms with Gasteiger partial charge >= 0.3 is 5.97 Å². The zero-order valence-electron chi connectivity index (χ0n) is 12.4. The molecule has 0 bridgehead atoms. The first-order valence-electron chi connectivity index (χ1n) is 7.19. The SMILES string of the molecule is CCC(=O)OC[C@@H]1CCCN1S(=O)(=O)c1ccc(C)cc1. The topological polar surface area (TPSA) is 63.7 Å². The third-order valence-electron chi connectivity index (χ3n) is 3.68. The number of rotatable bonds is 5. The quantitative estimate of drug-likeness (QED) is 0.781. The number of sulfonamides is 1. The second-order valence-electron chi connectivity index (χ2n) is 5.26. The van der Waals surface area contributed by atoms with E-state index in [4.69, 9.17) is 4.74 Å². The van der Waals surface area contributed by atoms with E-state index >= 15 is 0 Å². The third kappa shape index (κ3) is 3.63. The number of hydrogen-bond donors (Lipinski definition) is 0. The maximum atomic E-state index is 12.7. The molecule has 5 nitrogen and oxygen atoms in total. The van der Waals surface area contributed by atoms with E-state index in [1.807, 2.05) is 6.92 Å². The van der Waals surface area contributed by atoms with Crippen LogP contribution in [-0.4, -0.2) is 37.9 Å². The Hall–Kier alpha value is -1.40. The molecule has 0 amide bonds. The van der Waals surface area contributed by atoms with Gasteiger partial charge in [-0.05, 0) is 31.9 Å². The van der Waals surface area contributed by atoms with Gasteiger partial charge in [0.05, 0.1) is 10.9 Å². The summed E-state index contributed by atoms with van der Waals surface area (Å²) in [4.78, 5) is 11.5. The summed E-state index contributed by atoms with van der Waals surface area (Å²) in [6.07, 6.45) is 1.82. The average Bonchev–Trinajstić information content (AvgIpc) is 2.94. The van der Waals surface area contributed by atoms with Crippen LogP contribution in [0.1, 0.15) is 31.7 Å². The molecule has 0 spiro atoms. The molecule has 2 rings (SSSR count). The Balaban J connectivity index is 2.14. The molecule has 1 aromatic carbocycles. The number of ether oxygens (including phenoxy) is 1. The Labute approximate surface area is 126 Å². The summed E-state index contributed by atoms with van der Waals surface area (Å²) in [5, 5.41) is 0. The molecule has 0 radical (unpaired) electrons. The lowest BCUT2D eigenvalue weighted by Crippen LogP contribution is -2.38. The summed E-state index contributed by atoms with van der Waals surface area (Å²) in [5.74, 6) is -0.297. The maximum absolute atomic E-state index is 12.7. The van der Waals surface area contributed by atoms with Crippen molar-refractivity contribution in [3.8, 4) is 0 Å². The van der Waals surface area contributed by atoms with Crippen LogP contribution in [0.3, 0.4) is 0 Å². The highest BCUT2D eigenvalue weighted by Crippen LogP contribution is 2.26. The molecule has 0 N–H and O–H groups in total. The minimum Gasteiger partial charge on any atom is -0.464 e. The van der Waals surface area contributed by atoms with Gasteiger partial charge in [-0.1, -0.05) is 24.6 Å². The van der Waals surface area contributed by atoms with Gasteiger partial charge in [0, 0.05) is 13.0 Å². The minimum atomic E-state index is -3.52. The van der Waals surface area contributed by atoms with Crippen LogP contribution in [0.15, 0.2) is 29.2 Å². The largest absolute Gasteiger partial charge is 0.464 e. The molecule has 0 unspecified atom stereocenters. The lowest BCUT2D eigenvalue weighted by atomic mass is 10.2. The predicted molar refractivity (Wildman–Crippen MR) is 79.3 cm³/mol. The Morgan fingerprint density at radius 3 is 2.62 bits per heavy atom. The van der Waals surface area contributed by atoms with Crippen LogP contribution in [0.25, 0.3) is 0 Å². The van der Waals surface area contributed by atoms with Crippen LogP contribution in [0.2, 0.25) is 0 Å². The number of hydrogen-bond acceptors (Lipinski definition) is 4. The zero-order valence-corrected chi connectivity index (χ0v) is 13.2. The lowest BCUT2D eigenvalue weighted by Gasteiger charge is -2.23. The molecule has 1 atom stereocenters. The average molecular weight is 311 g/mol. The van der Waals surface area contributed by atoms with Crippen molar-refractivity contribution in [1.82, 2.24) is 4.31 Å². The molecule has 1 aromatic rings. The fourth-order valence-electron chi connectivity index (χ4n) is 2.43. The molecule has 1 fully saturated rings. The van der Waals surface area contributed by atoms with Gasteiger partial charge in [-0.25, -0.2) is 8.42 Å². The molecule has 1 aliphatic heterocycles. The van der Waals surface area contributed by atoms with Gasteiger partial charge in [0.15, 0.2) is 0 Å². The second kappa shape index (κ2) is 6.58. The molecular weight excluding hydrogens is 290 g/mol. The van der Waals surface area contributed by atoms with E-state index < -0.39 is 10.0 Å². The molecule has 1 saturated heterocycles. The summed E-state index contributed by atoms with van der Waals surface area (Å²) in [7, 11) is -3.52. The van der Waals surface area contributed by atoms with Gasteiger partial charge in [0.25, 0.3) is 0 Å². The van der Waals surface area contributed by atoms with E-state index in [1.54, 1.807) is 31.2 Å². The summed E-state index contributed by atoms with van der Waals surface area (Å²) in [6.45, 7) is 4.25. The van der Waals surface area contributed by atoms with E-state index in [0.29, 0.717) is 17.9 Å². The maximum Gasteiger partial charge on any atom is 0.305 e. The first-order chi connectivity index (χ1) is 9.95. The van der Waals surface area contributed by atoms with Gasteiger partial charge in [0.2, 0.25) is 10.0 Å². The Kier molecular flexibility index (Phi) is 5.00. The van der Waals surface area contributed by atoms with Gasteiger partial charge in [-0.3, -0.25) is 4.79 Å². The van der Waals surface area contributed by atoms with Crippen LogP contribution in [0.5, 0.6) is 0 Å². The van der Waals surface area contributed by atoms with Crippen molar-refractivity contribution in [3.63, 3.8) is 0 Å². The Bertz CT molecular complexity index is 595. The summed E-state index contributed by atoms with van der Waals surface area (Å²) < 4.78 is 31.9. The third-order valence-corrected chi connectivity index (χ3v) is 5.64. The second-order valence-corrected chi connectivity index (χ2v) is 7.15. The van der Waals surface area contributed by atoms with Crippen LogP contribution < -0.4 is 0 Å². The molecule has 6 heteroatoms. The highest BCUT2D eigenvalue weighted by atomic mass is 32.2. The molecule has 1 heterocycles. The smallest absolute Gasteiger partial charge is 0.305 e. The molecular formula is C15H21NO4S. The Morgan fingerprint density at radius 2 is 2.00 bits per heavy atom. The lowest BCUT2D eigenvalue weighted by molar-refractivity contribution is -0.144. The van der Waals surface area contributed by atoms with Gasteiger partial charge < -0.3 is 4.74 Å². The fourth-order valence-corrected chi connectivity index (χ4v) is 4.11. The van der Waals surface area contributed by atoms with E-state index in [0.717, 1.165) is 18.4 Å². The van der Waals surface area contributed by atoms with Crippen LogP contribution in [0.4, 0.5) is 0 Å². The summed E-state index contributed by atoms with van der Waals surface area (Å²) >= 11 is 0. The van der Waals surface area contributed by atoms with Crippen LogP contribution in [0, 0.1) is 6.92 Å². The van der Waals surface area contributed by atoms with E-state index in [-0.39, 0.29) is 18.6 Å². The van der Waals surface area contributed by atoms with Crippen molar-refractivity contribution in [2.45, 2.75) is 44.0 Å². The predicted octanol–water partition coefficient (Wildman–Crippen LogP) is 2.10. The van der Waals surface area contributed by atoms with Gasteiger partial charge in [-0.2, -0.15) is 4.31 Å². The number of carbonyl (C=O) groups excluding carboxylic acids is 1. The Morgan fingerprint density at radius 1 is 1.33 bits per heavy atom. The highest BCUT2D eigenvalue weighted by Gasteiger charge is 2.35. The zero-order chi connectivity index (χ0) is 15.5. The number of nitrogens with zero attached hydrogens (tertiary/aromatic N) is 1. The molecule has 0 aliphatic carbocycles. The van der Waals surface area contributed by atoms with Crippen molar-refractivity contribution in [1.29, 1.82) is 0 Å². The number of carbonyl (C=O) groups is 1. The number of aryl methyl sites for hydroxylation is 1. The number of benzene rings is 1. The first kappa shape index (κ1) is 16.0. The molecule has 0 saturated carbocycles. The normalized spacial score (nSPS) is 19.6. The van der Waals surface area contributed by atoms with E-state index in [2.05, 4.69) is 0 Å². The fraction of sp³-hybridized carbons (Fsp3) is 0.533. The molecule has 1 aliphatic rings. The van der Waals surface area contributed by atoms with Crippen LogP contribution >= 0.6 is 0 Å². The minimum absolute atomic E-state index is 0.137. The highest BCUT2D eigenvalue weighted by molar-refractivity contribution is 7.89. The van der Waals surface area contributed by atoms with E-state index in [1.165, 1.54) is 4.31 Å².